The van der Waals surface area contributed by atoms with E-state index in [4.69, 9.17) is 0 Å². The van der Waals surface area contributed by atoms with Crippen molar-refractivity contribution in [1.29, 1.82) is 0 Å². The number of allylic oxidation sites excluding steroid dienone is 2. The van der Waals surface area contributed by atoms with Crippen LogP contribution in [0.3, 0.4) is 0 Å². The molecule has 0 atom stereocenters. The summed E-state index contributed by atoms with van der Waals surface area (Å²) in [4.78, 5) is 0. The van der Waals surface area contributed by atoms with Crippen LogP contribution in [0.4, 0.5) is 0 Å². The lowest BCUT2D eigenvalue weighted by Gasteiger charge is -1.91. The highest BCUT2D eigenvalue weighted by molar-refractivity contribution is 4.65. The van der Waals surface area contributed by atoms with Crippen molar-refractivity contribution >= 4 is 0 Å². The maximum Gasteiger partial charge on any atom is -0.0353 e. The Morgan fingerprint density at radius 3 is 1.47 bits per heavy atom. The fourth-order valence-electron chi connectivity index (χ4n) is 1.25. The lowest BCUT2D eigenvalue weighted by molar-refractivity contribution is 0.675. The van der Waals surface area contributed by atoms with Crippen molar-refractivity contribution in [2.75, 3.05) is 0 Å². The number of hydrogen-bond acceptors (Lipinski definition) is 0. The molecular formula is C15H30. The van der Waals surface area contributed by atoms with Gasteiger partial charge in [0.05, 0.1) is 0 Å². The van der Waals surface area contributed by atoms with Crippen molar-refractivity contribution in [3.63, 3.8) is 0 Å². The smallest absolute Gasteiger partial charge is 0.0353 e. The molecule has 0 saturated heterocycles. The number of unbranched alkanes of at least 4 members (excludes halogenated alkanes) is 7. The first-order chi connectivity index (χ1) is 7.33. The van der Waals surface area contributed by atoms with Crippen molar-refractivity contribution in [1.82, 2.24) is 0 Å². The Hall–Kier alpha value is -0.520. The molecule has 0 aromatic heterocycles. The first-order valence-corrected chi connectivity index (χ1v) is 6.55. The first kappa shape index (κ1) is 16.9. The third-order valence-corrected chi connectivity index (χ3v) is 2.27. The standard InChI is InChI=1S/C8H16.C7H14/c1-3-5-7-8-6-4-2;1-3-5-7-6-4-2/h3H,1,4-8H2,2H3;3H,1,4-7H2,2H3. The SMILES string of the molecule is C=CCCCCC.C=CCCCCCC. The molecule has 0 amide bonds. The second-order valence-electron chi connectivity index (χ2n) is 3.92. The second kappa shape index (κ2) is 19.1. The van der Waals surface area contributed by atoms with E-state index in [0.717, 1.165) is 0 Å². The Balaban J connectivity index is 0. The molecule has 0 spiro atoms. The van der Waals surface area contributed by atoms with Crippen molar-refractivity contribution in [2.24, 2.45) is 0 Å². The lowest BCUT2D eigenvalue weighted by Crippen LogP contribution is -1.71. The Kier molecular flexibility index (Phi) is 21.5. The molecule has 0 unspecified atom stereocenters. The molecule has 0 aliphatic rings. The summed E-state index contributed by atoms with van der Waals surface area (Å²) in [6, 6.07) is 0. The molecule has 0 aromatic rings. The van der Waals surface area contributed by atoms with Gasteiger partial charge in [0.1, 0.15) is 0 Å². The fraction of sp³-hybridized carbons (Fsp3) is 0.733. The molecule has 0 radical (unpaired) electrons. The minimum atomic E-state index is 1.19. The van der Waals surface area contributed by atoms with Crippen LogP contribution in [0, 0.1) is 0 Å². The zero-order valence-electron chi connectivity index (χ0n) is 10.9. The van der Waals surface area contributed by atoms with Gasteiger partial charge in [0, 0.05) is 0 Å². The largest absolute Gasteiger partial charge is 0.103 e. The molecule has 15 heavy (non-hydrogen) atoms. The van der Waals surface area contributed by atoms with Gasteiger partial charge >= 0.3 is 0 Å². The molecule has 0 heterocycles. The molecular weight excluding hydrogens is 180 g/mol. The summed E-state index contributed by atoms with van der Waals surface area (Å²) >= 11 is 0. The van der Waals surface area contributed by atoms with Crippen LogP contribution >= 0.6 is 0 Å². The van der Waals surface area contributed by atoms with Gasteiger partial charge in [0.2, 0.25) is 0 Å². The van der Waals surface area contributed by atoms with E-state index in [-0.39, 0.29) is 0 Å². The first-order valence-electron chi connectivity index (χ1n) is 6.55. The van der Waals surface area contributed by atoms with E-state index < -0.39 is 0 Å². The third-order valence-electron chi connectivity index (χ3n) is 2.27. The molecule has 0 heteroatoms. The van der Waals surface area contributed by atoms with E-state index >= 15 is 0 Å². The normalized spacial score (nSPS) is 8.93. The molecule has 0 N–H and O–H groups in total. The van der Waals surface area contributed by atoms with Crippen molar-refractivity contribution in [2.45, 2.75) is 71.6 Å². The zero-order chi connectivity index (χ0) is 11.8. The van der Waals surface area contributed by atoms with Crippen molar-refractivity contribution in [3.05, 3.63) is 25.3 Å². The van der Waals surface area contributed by atoms with Crippen LogP contribution in [0.5, 0.6) is 0 Å². The molecule has 90 valence electrons. The van der Waals surface area contributed by atoms with Crippen LogP contribution in [-0.2, 0) is 0 Å². The minimum Gasteiger partial charge on any atom is -0.103 e. The van der Waals surface area contributed by atoms with Crippen LogP contribution in [0.25, 0.3) is 0 Å². The zero-order valence-corrected chi connectivity index (χ0v) is 10.9. The summed E-state index contributed by atoms with van der Waals surface area (Å²) in [6.45, 7) is 11.7. The van der Waals surface area contributed by atoms with Crippen LogP contribution in [-0.4, -0.2) is 0 Å². The van der Waals surface area contributed by atoms with Crippen LogP contribution in [0.1, 0.15) is 71.6 Å². The van der Waals surface area contributed by atoms with Crippen molar-refractivity contribution in [3.8, 4) is 0 Å². The minimum absolute atomic E-state index is 1.19. The number of hydrogen-bond donors (Lipinski definition) is 0. The summed E-state index contributed by atoms with van der Waals surface area (Å²) in [5.41, 5.74) is 0. The van der Waals surface area contributed by atoms with E-state index in [0.29, 0.717) is 0 Å². The van der Waals surface area contributed by atoms with Gasteiger partial charge in [0.15, 0.2) is 0 Å². The van der Waals surface area contributed by atoms with E-state index in [1.54, 1.807) is 0 Å². The maximum atomic E-state index is 3.66. The predicted octanol–water partition coefficient (Wildman–Crippen LogP) is 5.90. The van der Waals surface area contributed by atoms with Gasteiger partial charge in [0.25, 0.3) is 0 Å². The molecule has 0 nitrogen and oxygen atoms in total. The topological polar surface area (TPSA) is 0 Å². The highest BCUT2D eigenvalue weighted by Crippen LogP contribution is 2.01. The third kappa shape index (κ3) is 24.7. The summed E-state index contributed by atoms with van der Waals surface area (Å²) in [7, 11) is 0. The van der Waals surface area contributed by atoms with E-state index in [1.165, 1.54) is 57.8 Å². The van der Waals surface area contributed by atoms with Gasteiger partial charge in [-0.05, 0) is 25.7 Å². The Morgan fingerprint density at radius 2 is 1.07 bits per heavy atom. The van der Waals surface area contributed by atoms with Gasteiger partial charge in [-0.3, -0.25) is 0 Å². The van der Waals surface area contributed by atoms with Gasteiger partial charge in [-0.15, -0.1) is 13.2 Å². The molecule has 0 aliphatic carbocycles. The highest BCUT2D eigenvalue weighted by Gasteiger charge is 1.81. The second-order valence-corrected chi connectivity index (χ2v) is 3.92. The van der Waals surface area contributed by atoms with Gasteiger partial charge in [-0.2, -0.15) is 0 Å². The maximum absolute atomic E-state index is 3.66. The van der Waals surface area contributed by atoms with E-state index in [1.807, 2.05) is 12.2 Å². The average Bonchev–Trinajstić information content (AvgIpc) is 2.26. The molecule has 0 aromatic carbocycles. The summed E-state index contributed by atoms with van der Waals surface area (Å²) in [6.07, 6.45) is 15.8. The molecule has 0 fully saturated rings. The average molecular weight is 210 g/mol. The Labute approximate surface area is 97.5 Å². The molecule has 0 bridgehead atoms. The Bertz CT molecular complexity index is 113. The monoisotopic (exact) mass is 210 g/mol. The Morgan fingerprint density at radius 1 is 0.667 bits per heavy atom. The molecule has 0 saturated carbocycles. The fourth-order valence-corrected chi connectivity index (χ4v) is 1.25. The quantitative estimate of drug-likeness (QED) is 0.328. The van der Waals surface area contributed by atoms with Gasteiger partial charge in [-0.25, -0.2) is 0 Å². The highest BCUT2D eigenvalue weighted by atomic mass is 13.9. The lowest BCUT2D eigenvalue weighted by atomic mass is 10.2. The van der Waals surface area contributed by atoms with Crippen molar-refractivity contribution < 1.29 is 0 Å². The summed E-state index contributed by atoms with van der Waals surface area (Å²) in [5.74, 6) is 0. The van der Waals surface area contributed by atoms with Crippen LogP contribution in [0.2, 0.25) is 0 Å². The van der Waals surface area contributed by atoms with Gasteiger partial charge < -0.3 is 0 Å². The van der Waals surface area contributed by atoms with Gasteiger partial charge in [-0.1, -0.05) is 58.1 Å². The summed E-state index contributed by atoms with van der Waals surface area (Å²) in [5, 5.41) is 0. The summed E-state index contributed by atoms with van der Waals surface area (Å²) < 4.78 is 0. The van der Waals surface area contributed by atoms with Crippen LogP contribution in [0.15, 0.2) is 25.3 Å². The predicted molar refractivity (Wildman–Crippen MR) is 73.3 cm³/mol. The van der Waals surface area contributed by atoms with E-state index in [2.05, 4.69) is 27.0 Å². The van der Waals surface area contributed by atoms with Crippen LogP contribution < -0.4 is 0 Å². The van der Waals surface area contributed by atoms with E-state index in [9.17, 15) is 0 Å². The molecule has 0 rings (SSSR count). The molecule has 0 aliphatic heterocycles. The number of rotatable bonds is 9.